The molecule has 3 aromatic carbocycles. The van der Waals surface area contributed by atoms with Crippen molar-refractivity contribution in [3.05, 3.63) is 101 Å². The van der Waals surface area contributed by atoms with E-state index in [0.29, 0.717) is 0 Å². The van der Waals surface area contributed by atoms with Gasteiger partial charge in [0, 0.05) is 13.1 Å². The van der Waals surface area contributed by atoms with Crippen molar-refractivity contribution in [3.8, 4) is 5.75 Å². The molecule has 1 fully saturated rings. The van der Waals surface area contributed by atoms with E-state index in [1.54, 1.807) is 7.11 Å². The summed E-state index contributed by atoms with van der Waals surface area (Å²) in [6.45, 7) is 2.02. The molecule has 3 atom stereocenters. The summed E-state index contributed by atoms with van der Waals surface area (Å²) >= 11 is 6.27. The van der Waals surface area contributed by atoms with Crippen LogP contribution in [0.25, 0.3) is 0 Å². The molecule has 0 bridgehead atoms. The number of ether oxygens (including phenoxy) is 1. The van der Waals surface area contributed by atoms with Gasteiger partial charge in [0.1, 0.15) is 11.9 Å². The van der Waals surface area contributed by atoms with Gasteiger partial charge in [-0.25, -0.2) is 0 Å². The molecule has 0 saturated carbocycles. The van der Waals surface area contributed by atoms with Crippen LogP contribution in [0.3, 0.4) is 0 Å². The molecular formula is C27H26N2OS. The molecule has 31 heavy (non-hydrogen) atoms. The molecule has 0 unspecified atom stereocenters. The van der Waals surface area contributed by atoms with Crippen LogP contribution in [-0.2, 0) is 12.8 Å². The maximum absolute atomic E-state index is 6.27. The highest BCUT2D eigenvalue weighted by Crippen LogP contribution is 2.52. The predicted octanol–water partition coefficient (Wildman–Crippen LogP) is 5.28. The van der Waals surface area contributed by atoms with Gasteiger partial charge in [0.25, 0.3) is 0 Å². The fourth-order valence-corrected chi connectivity index (χ4v) is 6.33. The third-order valence-electron chi connectivity index (χ3n) is 7.25. The first-order chi connectivity index (χ1) is 15.3. The second-order valence-electron chi connectivity index (χ2n) is 8.74. The Morgan fingerprint density at radius 3 is 2.35 bits per heavy atom. The summed E-state index contributed by atoms with van der Waals surface area (Å²) in [4.78, 5) is 6.26. The summed E-state index contributed by atoms with van der Waals surface area (Å²) in [6.07, 6.45) is 2.35. The molecule has 3 aromatic rings. The number of hydrogen-bond acceptors (Lipinski definition) is 3. The Balaban J connectivity index is 1.55. The molecule has 3 aliphatic heterocycles. The largest absolute Gasteiger partial charge is 0.497 e. The Bertz CT molecular complexity index is 1160. The van der Waals surface area contributed by atoms with Gasteiger partial charge in [-0.05, 0) is 52.8 Å². The van der Waals surface area contributed by atoms with Gasteiger partial charge in [-0.3, -0.25) is 4.90 Å². The number of methoxy groups -OCH3 is 1. The van der Waals surface area contributed by atoms with Gasteiger partial charge in [0.05, 0.1) is 24.1 Å². The molecule has 1 saturated heterocycles. The molecule has 3 aliphatic rings. The minimum Gasteiger partial charge on any atom is -0.497 e. The SMILES string of the molecule is COc1cccc([C@@H]2C(=S)N3CCc4ccccc4[C@H]3N3CCc4ccccc4[C@@H]23)c1. The van der Waals surface area contributed by atoms with E-state index in [1.807, 2.05) is 6.07 Å². The van der Waals surface area contributed by atoms with Gasteiger partial charge >= 0.3 is 0 Å². The van der Waals surface area contributed by atoms with E-state index < -0.39 is 0 Å². The smallest absolute Gasteiger partial charge is 0.119 e. The van der Waals surface area contributed by atoms with Crippen LogP contribution in [0.5, 0.6) is 5.75 Å². The highest BCUT2D eigenvalue weighted by Gasteiger charge is 2.49. The molecule has 156 valence electrons. The first-order valence-electron chi connectivity index (χ1n) is 11.1. The average Bonchev–Trinajstić information content (AvgIpc) is 2.83. The van der Waals surface area contributed by atoms with Crippen LogP contribution in [0.2, 0.25) is 0 Å². The number of fused-ring (bicyclic) bond motifs is 7. The number of hydrogen-bond donors (Lipinski definition) is 0. The summed E-state index contributed by atoms with van der Waals surface area (Å²) < 4.78 is 5.57. The lowest BCUT2D eigenvalue weighted by Crippen LogP contribution is -2.58. The molecule has 0 aliphatic carbocycles. The first-order valence-corrected chi connectivity index (χ1v) is 11.5. The second kappa shape index (κ2) is 7.47. The fourth-order valence-electron chi connectivity index (χ4n) is 5.87. The molecule has 0 spiro atoms. The van der Waals surface area contributed by atoms with E-state index in [4.69, 9.17) is 17.0 Å². The topological polar surface area (TPSA) is 15.7 Å². The summed E-state index contributed by atoms with van der Waals surface area (Å²) in [5.41, 5.74) is 7.01. The Morgan fingerprint density at radius 1 is 0.839 bits per heavy atom. The lowest BCUT2D eigenvalue weighted by Gasteiger charge is -2.57. The van der Waals surface area contributed by atoms with Crippen LogP contribution in [-0.4, -0.2) is 35.0 Å². The molecule has 0 N–H and O–H groups in total. The van der Waals surface area contributed by atoms with E-state index in [9.17, 15) is 0 Å². The third-order valence-corrected chi connectivity index (χ3v) is 7.74. The van der Waals surface area contributed by atoms with Gasteiger partial charge in [0.2, 0.25) is 0 Å². The monoisotopic (exact) mass is 426 g/mol. The summed E-state index contributed by atoms with van der Waals surface area (Å²) in [7, 11) is 1.73. The van der Waals surface area contributed by atoms with E-state index in [2.05, 4.69) is 76.5 Å². The van der Waals surface area contributed by atoms with Crippen molar-refractivity contribution >= 4 is 17.2 Å². The number of benzene rings is 3. The molecule has 0 radical (unpaired) electrons. The summed E-state index contributed by atoms with van der Waals surface area (Å²) in [5, 5.41) is 0. The molecule has 3 heterocycles. The lowest BCUT2D eigenvalue weighted by atomic mass is 9.76. The number of thiocarbonyl (C=S) groups is 1. The van der Waals surface area contributed by atoms with Crippen molar-refractivity contribution in [1.82, 2.24) is 9.80 Å². The molecule has 3 nitrogen and oxygen atoms in total. The van der Waals surface area contributed by atoms with Crippen molar-refractivity contribution < 1.29 is 4.74 Å². The summed E-state index contributed by atoms with van der Waals surface area (Å²) in [6, 6.07) is 26.6. The van der Waals surface area contributed by atoms with E-state index in [-0.39, 0.29) is 18.1 Å². The second-order valence-corrected chi connectivity index (χ2v) is 9.16. The maximum atomic E-state index is 6.27. The zero-order valence-electron chi connectivity index (χ0n) is 17.7. The standard InChI is InChI=1S/C27H26N2OS/c1-30-21-10-6-9-20(17-21)24-25-22-11-4-2-7-18(22)13-15-28(25)26-23-12-5-3-8-19(23)14-16-29(26)27(24)31/h2-12,17,24-26H,13-16H2,1H3/t24-,25-,26-/m0/s1. The van der Waals surface area contributed by atoms with Crippen LogP contribution in [0.15, 0.2) is 72.8 Å². The van der Waals surface area contributed by atoms with Gasteiger partial charge in [-0.15, -0.1) is 0 Å². The van der Waals surface area contributed by atoms with Crippen LogP contribution >= 0.6 is 12.2 Å². The highest BCUT2D eigenvalue weighted by molar-refractivity contribution is 7.80. The highest BCUT2D eigenvalue weighted by atomic mass is 32.1. The van der Waals surface area contributed by atoms with E-state index in [0.717, 1.165) is 36.7 Å². The lowest BCUT2D eigenvalue weighted by molar-refractivity contribution is 0.00636. The van der Waals surface area contributed by atoms with Crippen LogP contribution < -0.4 is 4.74 Å². The van der Waals surface area contributed by atoms with Crippen molar-refractivity contribution in [2.75, 3.05) is 20.2 Å². The zero-order chi connectivity index (χ0) is 20.9. The first kappa shape index (κ1) is 19.0. The van der Waals surface area contributed by atoms with Crippen molar-refractivity contribution in [2.45, 2.75) is 31.0 Å². The van der Waals surface area contributed by atoms with Gasteiger partial charge in [0.15, 0.2) is 0 Å². The van der Waals surface area contributed by atoms with Crippen LogP contribution in [0, 0.1) is 0 Å². The normalized spacial score (nSPS) is 24.6. The molecule has 6 rings (SSSR count). The average molecular weight is 427 g/mol. The zero-order valence-corrected chi connectivity index (χ0v) is 18.5. The van der Waals surface area contributed by atoms with Crippen LogP contribution in [0.4, 0.5) is 0 Å². The quantitative estimate of drug-likeness (QED) is 0.518. The van der Waals surface area contributed by atoms with Gasteiger partial charge < -0.3 is 9.64 Å². The van der Waals surface area contributed by atoms with Crippen molar-refractivity contribution in [2.24, 2.45) is 0 Å². The predicted molar refractivity (Wildman–Crippen MR) is 128 cm³/mol. The summed E-state index contributed by atoms with van der Waals surface area (Å²) in [5.74, 6) is 1.02. The van der Waals surface area contributed by atoms with Crippen molar-refractivity contribution in [3.63, 3.8) is 0 Å². The fraction of sp³-hybridized carbons (Fsp3) is 0.296. The van der Waals surface area contributed by atoms with Gasteiger partial charge in [-0.2, -0.15) is 0 Å². The van der Waals surface area contributed by atoms with E-state index in [1.165, 1.54) is 27.8 Å². The maximum Gasteiger partial charge on any atom is 0.119 e. The number of nitrogens with zero attached hydrogens (tertiary/aromatic N) is 2. The van der Waals surface area contributed by atoms with E-state index >= 15 is 0 Å². The van der Waals surface area contributed by atoms with Crippen LogP contribution in [0.1, 0.15) is 45.9 Å². The molecule has 0 aromatic heterocycles. The Morgan fingerprint density at radius 2 is 1.55 bits per heavy atom. The molecular weight excluding hydrogens is 400 g/mol. The van der Waals surface area contributed by atoms with Gasteiger partial charge in [-0.1, -0.05) is 72.9 Å². The third kappa shape index (κ3) is 2.93. The minimum absolute atomic E-state index is 0.132. The Kier molecular flexibility index (Phi) is 4.58. The number of rotatable bonds is 2. The minimum atomic E-state index is 0.132. The Labute approximate surface area is 189 Å². The Hall–Kier alpha value is -2.69. The molecule has 4 heteroatoms. The van der Waals surface area contributed by atoms with Crippen molar-refractivity contribution in [1.29, 1.82) is 0 Å². The molecule has 0 amide bonds.